The van der Waals surface area contributed by atoms with Gasteiger partial charge in [0, 0.05) is 0 Å². The third-order valence-electron chi connectivity index (χ3n) is 1.97. The summed E-state index contributed by atoms with van der Waals surface area (Å²) in [5.74, 6) is -1.73. The molecule has 0 radical (unpaired) electrons. The van der Waals surface area contributed by atoms with E-state index in [2.05, 4.69) is 0 Å². The normalized spacial score (nSPS) is 13.7. The molecule has 0 spiro atoms. The van der Waals surface area contributed by atoms with Gasteiger partial charge in [0.15, 0.2) is 0 Å². The molecule has 0 amide bonds. The maximum Gasteiger partial charge on any atom is 0.369 e. The molecule has 1 aromatic carbocycles. The van der Waals surface area contributed by atoms with Gasteiger partial charge in [-0.1, -0.05) is 30.3 Å². The van der Waals surface area contributed by atoms with Gasteiger partial charge in [0.25, 0.3) is 0 Å². The van der Waals surface area contributed by atoms with Gasteiger partial charge in [-0.25, -0.2) is 4.39 Å². The Kier molecular flexibility index (Phi) is 5.13. The molecular weight excluding hydrogens is 230 g/mol. The van der Waals surface area contributed by atoms with Crippen LogP contribution in [0.2, 0.25) is 0 Å². The van der Waals surface area contributed by atoms with E-state index in [1.54, 1.807) is 44.2 Å². The molecule has 16 heavy (non-hydrogen) atoms. The third-order valence-corrected chi connectivity index (χ3v) is 4.06. The van der Waals surface area contributed by atoms with Crippen LogP contribution in [0.4, 0.5) is 4.39 Å². The molecule has 0 aromatic heterocycles. The van der Waals surface area contributed by atoms with Gasteiger partial charge in [-0.15, -0.1) is 0 Å². The predicted molar refractivity (Wildman–Crippen MR) is 61.1 cm³/mol. The highest BCUT2D eigenvalue weighted by molar-refractivity contribution is 7.54. The Hall–Kier alpha value is -0.700. The van der Waals surface area contributed by atoms with E-state index in [1.807, 2.05) is 0 Å². The van der Waals surface area contributed by atoms with E-state index < -0.39 is 13.5 Å². The standard InChI is InChI=1S/C11H16FO3P/c1-3-14-16(13,15-4-2)11(12)10-8-6-5-7-9-10/h5-9,11H,3-4H2,1-2H3/t11-/m0/s1. The van der Waals surface area contributed by atoms with Gasteiger partial charge in [-0.05, 0) is 19.4 Å². The molecule has 0 saturated carbocycles. The molecule has 1 rings (SSSR count). The van der Waals surface area contributed by atoms with Crippen LogP contribution in [0.3, 0.4) is 0 Å². The van der Waals surface area contributed by atoms with Crippen LogP contribution in [-0.4, -0.2) is 13.2 Å². The Balaban J connectivity index is 2.91. The number of hydrogen-bond donors (Lipinski definition) is 0. The number of benzene rings is 1. The smallest absolute Gasteiger partial charge is 0.307 e. The van der Waals surface area contributed by atoms with Crippen LogP contribution < -0.4 is 0 Å². The van der Waals surface area contributed by atoms with Crippen LogP contribution in [0.25, 0.3) is 0 Å². The maximum absolute atomic E-state index is 14.0. The summed E-state index contributed by atoms with van der Waals surface area (Å²) < 4.78 is 36.0. The minimum Gasteiger partial charge on any atom is -0.307 e. The maximum atomic E-state index is 14.0. The fourth-order valence-electron chi connectivity index (χ4n) is 1.32. The van der Waals surface area contributed by atoms with Crippen LogP contribution in [0, 0.1) is 0 Å². The molecule has 1 aromatic rings. The summed E-state index contributed by atoms with van der Waals surface area (Å²) >= 11 is 0. The summed E-state index contributed by atoms with van der Waals surface area (Å²) in [6, 6.07) is 8.27. The van der Waals surface area contributed by atoms with Crippen molar-refractivity contribution in [3.63, 3.8) is 0 Å². The van der Waals surface area contributed by atoms with Crippen LogP contribution in [-0.2, 0) is 13.6 Å². The number of hydrogen-bond acceptors (Lipinski definition) is 3. The minimum absolute atomic E-state index is 0.157. The lowest BCUT2D eigenvalue weighted by Gasteiger charge is -2.20. The van der Waals surface area contributed by atoms with Gasteiger partial charge in [0.05, 0.1) is 13.2 Å². The summed E-state index contributed by atoms with van der Waals surface area (Å²) in [6.45, 7) is 3.63. The molecule has 3 nitrogen and oxygen atoms in total. The second kappa shape index (κ2) is 6.14. The zero-order valence-corrected chi connectivity index (χ0v) is 10.3. The van der Waals surface area contributed by atoms with E-state index in [4.69, 9.17) is 9.05 Å². The molecule has 0 bridgehead atoms. The largest absolute Gasteiger partial charge is 0.369 e. The first-order chi connectivity index (χ1) is 7.64. The van der Waals surface area contributed by atoms with E-state index in [1.165, 1.54) is 0 Å². The van der Waals surface area contributed by atoms with Gasteiger partial charge < -0.3 is 9.05 Å². The van der Waals surface area contributed by atoms with E-state index in [-0.39, 0.29) is 13.2 Å². The molecular formula is C11H16FO3P. The summed E-state index contributed by atoms with van der Waals surface area (Å²) in [4.78, 5) is 0. The lowest BCUT2D eigenvalue weighted by molar-refractivity contribution is 0.190. The molecule has 0 aliphatic heterocycles. The second-order valence-electron chi connectivity index (χ2n) is 3.12. The van der Waals surface area contributed by atoms with Crippen LogP contribution in [0.5, 0.6) is 0 Å². The van der Waals surface area contributed by atoms with Gasteiger partial charge in [0.2, 0.25) is 5.91 Å². The summed E-state index contributed by atoms with van der Waals surface area (Å²) in [5, 5.41) is 0. The molecule has 0 saturated heterocycles. The first-order valence-corrected chi connectivity index (χ1v) is 6.83. The topological polar surface area (TPSA) is 35.5 Å². The first-order valence-electron chi connectivity index (χ1n) is 5.22. The highest BCUT2D eigenvalue weighted by Crippen LogP contribution is 2.61. The minimum atomic E-state index is -3.70. The van der Waals surface area contributed by atoms with E-state index in [0.29, 0.717) is 5.56 Å². The average molecular weight is 246 g/mol. The van der Waals surface area contributed by atoms with Crippen LogP contribution in [0.15, 0.2) is 30.3 Å². The number of alkyl halides is 1. The van der Waals surface area contributed by atoms with Gasteiger partial charge in [-0.3, -0.25) is 4.57 Å². The van der Waals surface area contributed by atoms with Crippen LogP contribution >= 0.6 is 7.60 Å². The number of halogens is 1. The highest BCUT2D eigenvalue weighted by atomic mass is 31.2. The monoisotopic (exact) mass is 246 g/mol. The summed E-state index contributed by atoms with van der Waals surface area (Å²) in [7, 11) is -3.70. The van der Waals surface area contributed by atoms with Crippen molar-refractivity contribution in [2.45, 2.75) is 19.8 Å². The fraction of sp³-hybridized carbons (Fsp3) is 0.455. The molecule has 0 aliphatic rings. The molecule has 0 heterocycles. The first kappa shape index (κ1) is 13.4. The lowest BCUT2D eigenvalue weighted by Crippen LogP contribution is -2.02. The van der Waals surface area contributed by atoms with Crippen molar-refractivity contribution in [2.75, 3.05) is 13.2 Å². The Morgan fingerprint density at radius 2 is 1.69 bits per heavy atom. The quantitative estimate of drug-likeness (QED) is 0.713. The Morgan fingerprint density at radius 3 is 2.12 bits per heavy atom. The van der Waals surface area contributed by atoms with E-state index in [9.17, 15) is 8.96 Å². The summed E-state index contributed by atoms with van der Waals surface area (Å²) in [5.41, 5.74) is 0.313. The molecule has 0 fully saturated rings. The zero-order valence-electron chi connectivity index (χ0n) is 9.43. The van der Waals surface area contributed by atoms with Gasteiger partial charge >= 0.3 is 7.60 Å². The SMILES string of the molecule is CCOP(=O)(OCC)[C@H](F)c1ccccc1. The molecule has 0 N–H and O–H groups in total. The average Bonchev–Trinajstić information content (AvgIpc) is 2.30. The van der Waals surface area contributed by atoms with Crippen LogP contribution in [0.1, 0.15) is 25.3 Å². The van der Waals surface area contributed by atoms with Crippen molar-refractivity contribution < 1.29 is 18.0 Å². The van der Waals surface area contributed by atoms with Crippen molar-refractivity contribution >= 4 is 7.60 Å². The molecule has 0 unspecified atom stereocenters. The van der Waals surface area contributed by atoms with E-state index in [0.717, 1.165) is 0 Å². The molecule has 1 atom stereocenters. The Labute approximate surface area is 95.1 Å². The Morgan fingerprint density at radius 1 is 1.19 bits per heavy atom. The molecule has 90 valence electrons. The third kappa shape index (κ3) is 3.14. The summed E-state index contributed by atoms with van der Waals surface area (Å²) in [6.07, 6.45) is 0. The lowest BCUT2D eigenvalue weighted by atomic mass is 10.2. The van der Waals surface area contributed by atoms with Gasteiger partial charge in [-0.2, -0.15) is 0 Å². The van der Waals surface area contributed by atoms with Crippen molar-refractivity contribution in [3.8, 4) is 0 Å². The molecule has 0 aliphatic carbocycles. The fourth-order valence-corrected chi connectivity index (χ4v) is 2.92. The van der Waals surface area contributed by atoms with E-state index >= 15 is 0 Å². The molecule has 5 heteroatoms. The van der Waals surface area contributed by atoms with Crippen molar-refractivity contribution in [1.29, 1.82) is 0 Å². The van der Waals surface area contributed by atoms with Crippen molar-refractivity contribution in [3.05, 3.63) is 35.9 Å². The van der Waals surface area contributed by atoms with Crippen molar-refractivity contribution in [1.82, 2.24) is 0 Å². The van der Waals surface area contributed by atoms with Gasteiger partial charge in [0.1, 0.15) is 0 Å². The highest BCUT2D eigenvalue weighted by Gasteiger charge is 2.36. The second-order valence-corrected chi connectivity index (χ2v) is 5.17. The van der Waals surface area contributed by atoms with Crippen molar-refractivity contribution in [2.24, 2.45) is 0 Å². The zero-order chi connectivity index (χ0) is 12.0. The Bertz CT molecular complexity index is 346. The predicted octanol–water partition coefficient (Wildman–Crippen LogP) is 3.92. The number of rotatable bonds is 6.